The van der Waals surface area contributed by atoms with Gasteiger partial charge in [-0.2, -0.15) is 5.10 Å². The second kappa shape index (κ2) is 6.83. The first-order valence-corrected chi connectivity index (χ1v) is 7.67. The molecule has 1 aromatic carbocycles. The van der Waals surface area contributed by atoms with Crippen LogP contribution in [0.5, 0.6) is 0 Å². The number of benzene rings is 1. The molecular formula is C16H23N5. The summed E-state index contributed by atoms with van der Waals surface area (Å²) in [6.07, 6.45) is 5.62. The first kappa shape index (κ1) is 14.2. The molecule has 0 atom stereocenters. The minimum atomic E-state index is 1.09. The van der Waals surface area contributed by atoms with Crippen LogP contribution in [0.1, 0.15) is 12.0 Å². The van der Waals surface area contributed by atoms with E-state index in [-0.39, 0.29) is 0 Å². The van der Waals surface area contributed by atoms with Crippen LogP contribution in [-0.4, -0.2) is 64.3 Å². The summed E-state index contributed by atoms with van der Waals surface area (Å²) < 4.78 is 1.85. The van der Waals surface area contributed by atoms with Gasteiger partial charge < -0.3 is 9.80 Å². The van der Waals surface area contributed by atoms with Crippen LogP contribution < -0.4 is 0 Å². The van der Waals surface area contributed by atoms with Gasteiger partial charge in [-0.3, -0.25) is 0 Å². The molecule has 1 aromatic heterocycles. The molecule has 21 heavy (non-hydrogen) atoms. The third kappa shape index (κ3) is 3.68. The minimum Gasteiger partial charge on any atom is -0.304 e. The molecular weight excluding hydrogens is 262 g/mol. The summed E-state index contributed by atoms with van der Waals surface area (Å²) >= 11 is 0. The average Bonchev–Trinajstić information content (AvgIpc) is 3.04. The van der Waals surface area contributed by atoms with Crippen molar-refractivity contribution in [2.75, 3.05) is 39.8 Å². The smallest absolute Gasteiger partial charge is 0.138 e. The predicted octanol–water partition coefficient (Wildman–Crippen LogP) is 1.45. The molecule has 0 unspecified atom stereocenters. The summed E-state index contributed by atoms with van der Waals surface area (Å²) in [6, 6.07) is 8.47. The zero-order chi connectivity index (χ0) is 14.5. The molecule has 3 rings (SSSR count). The van der Waals surface area contributed by atoms with E-state index in [2.05, 4.69) is 51.2 Å². The standard InChI is InChI=1S/C16H23N5/c1-19-9-11-20(12-10-19)8-4-6-15-5-2-3-7-16(15)21-14-17-13-18-21/h2-3,5,7,13-14H,4,6,8-12H2,1H3. The zero-order valence-electron chi connectivity index (χ0n) is 12.6. The molecule has 0 radical (unpaired) electrons. The third-order valence-electron chi connectivity index (χ3n) is 4.17. The van der Waals surface area contributed by atoms with Crippen molar-refractivity contribution in [1.82, 2.24) is 24.6 Å². The van der Waals surface area contributed by atoms with E-state index in [0.29, 0.717) is 0 Å². The number of piperazine rings is 1. The topological polar surface area (TPSA) is 37.2 Å². The minimum absolute atomic E-state index is 1.09. The van der Waals surface area contributed by atoms with Gasteiger partial charge >= 0.3 is 0 Å². The number of likely N-dealkylation sites (N-methyl/N-ethyl adjacent to an activating group) is 1. The normalized spacial score (nSPS) is 17.2. The highest BCUT2D eigenvalue weighted by Gasteiger charge is 2.13. The molecule has 0 bridgehead atoms. The molecule has 1 saturated heterocycles. The Hall–Kier alpha value is -1.72. The number of nitrogens with zero attached hydrogens (tertiary/aromatic N) is 5. The van der Waals surface area contributed by atoms with Crippen molar-refractivity contribution >= 4 is 0 Å². The Morgan fingerprint density at radius 3 is 2.67 bits per heavy atom. The van der Waals surface area contributed by atoms with Gasteiger partial charge in [-0.15, -0.1) is 0 Å². The maximum atomic E-state index is 4.24. The van der Waals surface area contributed by atoms with Crippen molar-refractivity contribution in [2.45, 2.75) is 12.8 Å². The molecule has 2 heterocycles. The molecule has 0 spiro atoms. The van der Waals surface area contributed by atoms with E-state index in [0.717, 1.165) is 12.1 Å². The van der Waals surface area contributed by atoms with Crippen LogP contribution >= 0.6 is 0 Å². The van der Waals surface area contributed by atoms with Crippen molar-refractivity contribution in [3.8, 4) is 5.69 Å². The molecule has 0 N–H and O–H groups in total. The lowest BCUT2D eigenvalue weighted by Crippen LogP contribution is -2.44. The van der Waals surface area contributed by atoms with Crippen LogP contribution in [-0.2, 0) is 6.42 Å². The Morgan fingerprint density at radius 2 is 1.90 bits per heavy atom. The first-order chi connectivity index (χ1) is 10.3. The van der Waals surface area contributed by atoms with Gasteiger partial charge in [0.15, 0.2) is 0 Å². The number of rotatable bonds is 5. The Balaban J connectivity index is 1.56. The summed E-state index contributed by atoms with van der Waals surface area (Å²) in [5.74, 6) is 0. The fourth-order valence-corrected chi connectivity index (χ4v) is 2.84. The lowest BCUT2D eigenvalue weighted by molar-refractivity contribution is 0.153. The third-order valence-corrected chi connectivity index (χ3v) is 4.17. The molecule has 5 nitrogen and oxygen atoms in total. The number of aromatic nitrogens is 3. The molecule has 0 saturated carbocycles. The van der Waals surface area contributed by atoms with Crippen molar-refractivity contribution in [1.29, 1.82) is 0 Å². The highest BCUT2D eigenvalue weighted by Crippen LogP contribution is 2.15. The van der Waals surface area contributed by atoms with Crippen LogP contribution in [0.2, 0.25) is 0 Å². The highest BCUT2D eigenvalue weighted by atomic mass is 15.3. The maximum Gasteiger partial charge on any atom is 0.138 e. The molecule has 1 aliphatic heterocycles. The van der Waals surface area contributed by atoms with Crippen LogP contribution in [0.15, 0.2) is 36.9 Å². The van der Waals surface area contributed by atoms with E-state index in [9.17, 15) is 0 Å². The van der Waals surface area contributed by atoms with Gasteiger partial charge in [0, 0.05) is 26.2 Å². The largest absolute Gasteiger partial charge is 0.304 e. The number of para-hydroxylation sites is 1. The molecule has 112 valence electrons. The van der Waals surface area contributed by atoms with Gasteiger partial charge in [0.25, 0.3) is 0 Å². The van der Waals surface area contributed by atoms with Gasteiger partial charge in [0.2, 0.25) is 0 Å². The van der Waals surface area contributed by atoms with Gasteiger partial charge in [-0.1, -0.05) is 18.2 Å². The van der Waals surface area contributed by atoms with E-state index in [1.807, 2.05) is 4.68 Å². The fraction of sp³-hybridized carbons (Fsp3) is 0.500. The van der Waals surface area contributed by atoms with Crippen LogP contribution in [0.4, 0.5) is 0 Å². The summed E-state index contributed by atoms with van der Waals surface area (Å²) in [5, 5.41) is 4.24. The van der Waals surface area contributed by atoms with E-state index >= 15 is 0 Å². The summed E-state index contributed by atoms with van der Waals surface area (Å²) in [4.78, 5) is 9.01. The van der Waals surface area contributed by atoms with Gasteiger partial charge in [-0.25, -0.2) is 9.67 Å². The monoisotopic (exact) mass is 285 g/mol. The Bertz CT molecular complexity index is 544. The first-order valence-electron chi connectivity index (χ1n) is 7.67. The Labute approximate surface area is 126 Å². The molecule has 0 aliphatic carbocycles. The van der Waals surface area contributed by atoms with Crippen molar-refractivity contribution < 1.29 is 0 Å². The average molecular weight is 285 g/mol. The van der Waals surface area contributed by atoms with Gasteiger partial charge in [0.05, 0.1) is 5.69 Å². The highest BCUT2D eigenvalue weighted by molar-refractivity contribution is 5.39. The quantitative estimate of drug-likeness (QED) is 0.833. The predicted molar refractivity (Wildman–Crippen MR) is 83.6 cm³/mol. The Morgan fingerprint density at radius 1 is 1.10 bits per heavy atom. The molecule has 1 fully saturated rings. The number of hydrogen-bond donors (Lipinski definition) is 0. The van der Waals surface area contributed by atoms with Crippen LogP contribution in [0.3, 0.4) is 0 Å². The number of aryl methyl sites for hydroxylation is 1. The van der Waals surface area contributed by atoms with Crippen molar-refractivity contribution in [3.05, 3.63) is 42.5 Å². The summed E-state index contributed by atoms with van der Waals surface area (Å²) in [7, 11) is 2.20. The van der Waals surface area contributed by atoms with Crippen molar-refractivity contribution in [2.24, 2.45) is 0 Å². The maximum absolute atomic E-state index is 4.24. The van der Waals surface area contributed by atoms with Gasteiger partial charge in [-0.05, 0) is 38.1 Å². The second-order valence-corrected chi connectivity index (χ2v) is 5.72. The molecule has 1 aliphatic rings. The second-order valence-electron chi connectivity index (χ2n) is 5.72. The molecule has 0 amide bonds. The van der Waals surface area contributed by atoms with E-state index in [4.69, 9.17) is 0 Å². The number of hydrogen-bond acceptors (Lipinski definition) is 4. The fourth-order valence-electron chi connectivity index (χ4n) is 2.84. The molecule has 5 heteroatoms. The lowest BCUT2D eigenvalue weighted by Gasteiger charge is -2.32. The van der Waals surface area contributed by atoms with E-state index in [1.54, 1.807) is 12.7 Å². The zero-order valence-corrected chi connectivity index (χ0v) is 12.6. The Kier molecular flexibility index (Phi) is 4.62. The van der Waals surface area contributed by atoms with Gasteiger partial charge in [0.1, 0.15) is 12.7 Å². The van der Waals surface area contributed by atoms with Crippen LogP contribution in [0.25, 0.3) is 5.69 Å². The van der Waals surface area contributed by atoms with Crippen molar-refractivity contribution in [3.63, 3.8) is 0 Å². The molecule has 2 aromatic rings. The lowest BCUT2D eigenvalue weighted by atomic mass is 10.1. The summed E-state index contributed by atoms with van der Waals surface area (Å²) in [5.41, 5.74) is 2.49. The van der Waals surface area contributed by atoms with Crippen LogP contribution in [0, 0.1) is 0 Å². The SMILES string of the molecule is CN1CCN(CCCc2ccccc2-n2cncn2)CC1. The van der Waals surface area contributed by atoms with E-state index < -0.39 is 0 Å². The van der Waals surface area contributed by atoms with E-state index in [1.165, 1.54) is 44.7 Å². The summed E-state index contributed by atoms with van der Waals surface area (Å²) in [6.45, 7) is 5.95.